The summed E-state index contributed by atoms with van der Waals surface area (Å²) in [4.78, 5) is 39.3. The van der Waals surface area contributed by atoms with Crippen LogP contribution in [0.3, 0.4) is 0 Å². The van der Waals surface area contributed by atoms with Gasteiger partial charge in [-0.2, -0.15) is 0 Å². The van der Waals surface area contributed by atoms with Crippen molar-refractivity contribution in [1.29, 1.82) is 0 Å². The number of hydrogen-bond donors (Lipinski definition) is 3. The van der Waals surface area contributed by atoms with Crippen molar-refractivity contribution in [2.75, 3.05) is 39.8 Å². The first-order chi connectivity index (χ1) is 20.2. The highest BCUT2D eigenvalue weighted by Crippen LogP contribution is 2.50. The minimum atomic E-state index is -0.622. The van der Waals surface area contributed by atoms with Gasteiger partial charge in [0.1, 0.15) is 6.04 Å². The molecule has 4 rings (SSSR count). The molecular formula is C32H43N3O7. The average molecular weight is 582 g/mol. The highest BCUT2D eigenvalue weighted by atomic mass is 16.5. The Morgan fingerprint density at radius 2 is 1.83 bits per heavy atom. The fourth-order valence-electron chi connectivity index (χ4n) is 5.83. The van der Waals surface area contributed by atoms with Crippen molar-refractivity contribution in [3.63, 3.8) is 0 Å². The minimum absolute atomic E-state index is 0.0168. The summed E-state index contributed by atoms with van der Waals surface area (Å²) < 4.78 is 22.8. The predicted molar refractivity (Wildman–Crippen MR) is 162 cm³/mol. The lowest BCUT2D eigenvalue weighted by Crippen LogP contribution is -2.46. The lowest BCUT2D eigenvalue weighted by Gasteiger charge is -2.24. The van der Waals surface area contributed by atoms with Crippen LogP contribution in [0.5, 0.6) is 17.2 Å². The van der Waals surface area contributed by atoms with Crippen LogP contribution in [-0.4, -0.2) is 58.4 Å². The monoisotopic (exact) mass is 581 g/mol. The van der Waals surface area contributed by atoms with Crippen molar-refractivity contribution in [3.8, 4) is 28.4 Å². The van der Waals surface area contributed by atoms with Gasteiger partial charge in [0.15, 0.2) is 11.5 Å². The molecule has 0 spiro atoms. The molecule has 2 aliphatic rings. The molecule has 0 radical (unpaired) electrons. The van der Waals surface area contributed by atoms with Crippen molar-refractivity contribution < 1.29 is 28.5 Å². The number of amides is 2. The van der Waals surface area contributed by atoms with Crippen LogP contribution in [0.2, 0.25) is 0 Å². The van der Waals surface area contributed by atoms with Gasteiger partial charge in [-0.05, 0) is 66.5 Å². The SMILES string of the molecule is CCC(C)C(Nc1ccc2c(cc1=O)C(NC(C)=O)CCc1cc(OC)c(OC)c(OC)c1-2)C(=O)NCC1CCCO1. The summed E-state index contributed by atoms with van der Waals surface area (Å²) in [5, 5.41) is 9.29. The summed E-state index contributed by atoms with van der Waals surface area (Å²) in [7, 11) is 4.68. The number of aryl methyl sites for hydroxylation is 1. The fraction of sp³-hybridized carbons (Fsp3) is 0.531. The third-order valence-corrected chi connectivity index (χ3v) is 8.25. The largest absolute Gasteiger partial charge is 0.493 e. The molecule has 4 unspecified atom stereocenters. The second kappa shape index (κ2) is 13.9. The molecule has 1 aliphatic heterocycles. The Bertz CT molecular complexity index is 1360. The van der Waals surface area contributed by atoms with Gasteiger partial charge in [-0.1, -0.05) is 26.3 Å². The minimum Gasteiger partial charge on any atom is -0.493 e. The van der Waals surface area contributed by atoms with Crippen molar-refractivity contribution in [3.05, 3.63) is 45.6 Å². The quantitative estimate of drug-likeness (QED) is 0.364. The first-order valence-electron chi connectivity index (χ1n) is 14.7. The molecule has 10 heteroatoms. The van der Waals surface area contributed by atoms with Crippen LogP contribution in [0, 0.1) is 5.92 Å². The van der Waals surface area contributed by atoms with E-state index in [9.17, 15) is 14.4 Å². The van der Waals surface area contributed by atoms with Crippen LogP contribution in [0.4, 0.5) is 5.69 Å². The Morgan fingerprint density at radius 1 is 1.07 bits per heavy atom. The molecule has 2 amide bonds. The van der Waals surface area contributed by atoms with E-state index in [0.717, 1.165) is 36.0 Å². The van der Waals surface area contributed by atoms with Crippen LogP contribution >= 0.6 is 0 Å². The molecule has 3 N–H and O–H groups in total. The molecule has 1 aliphatic carbocycles. The van der Waals surface area contributed by atoms with Gasteiger partial charge in [-0.25, -0.2) is 0 Å². The molecular weight excluding hydrogens is 538 g/mol. The second-order valence-corrected chi connectivity index (χ2v) is 11.0. The molecule has 42 heavy (non-hydrogen) atoms. The van der Waals surface area contributed by atoms with Crippen molar-refractivity contribution in [2.45, 2.75) is 71.1 Å². The zero-order valence-electron chi connectivity index (χ0n) is 25.4. The Labute approximate surface area is 247 Å². The predicted octanol–water partition coefficient (Wildman–Crippen LogP) is 3.98. The number of anilines is 1. The molecule has 2 aromatic rings. The van der Waals surface area contributed by atoms with Crippen LogP contribution in [-0.2, 0) is 20.7 Å². The van der Waals surface area contributed by atoms with E-state index in [1.165, 1.54) is 6.92 Å². The van der Waals surface area contributed by atoms with Crippen molar-refractivity contribution in [2.24, 2.45) is 5.92 Å². The lowest BCUT2D eigenvalue weighted by molar-refractivity contribution is -0.123. The molecule has 0 bridgehead atoms. The Balaban J connectivity index is 1.81. The number of carbonyl (C=O) groups is 2. The summed E-state index contributed by atoms with van der Waals surface area (Å²) in [6, 6.07) is 5.99. The number of methoxy groups -OCH3 is 3. The number of fused-ring (bicyclic) bond motifs is 3. The summed E-state index contributed by atoms with van der Waals surface area (Å²) in [6.07, 6.45) is 3.84. The Hall–Kier alpha value is -3.79. The smallest absolute Gasteiger partial charge is 0.242 e. The highest BCUT2D eigenvalue weighted by Gasteiger charge is 2.30. The third kappa shape index (κ3) is 6.64. The van der Waals surface area contributed by atoms with Gasteiger partial charge >= 0.3 is 0 Å². The van der Waals surface area contributed by atoms with E-state index in [0.29, 0.717) is 54.5 Å². The lowest BCUT2D eigenvalue weighted by atomic mass is 9.95. The van der Waals surface area contributed by atoms with E-state index in [4.69, 9.17) is 18.9 Å². The van der Waals surface area contributed by atoms with E-state index in [2.05, 4.69) is 16.0 Å². The molecule has 1 fully saturated rings. The summed E-state index contributed by atoms with van der Waals surface area (Å²) in [6.45, 7) is 6.62. The van der Waals surface area contributed by atoms with E-state index in [1.807, 2.05) is 26.0 Å². The van der Waals surface area contributed by atoms with E-state index < -0.39 is 12.1 Å². The fourth-order valence-corrected chi connectivity index (χ4v) is 5.83. The van der Waals surface area contributed by atoms with Crippen LogP contribution < -0.4 is 35.6 Å². The average Bonchev–Trinajstić information content (AvgIpc) is 3.40. The topological polar surface area (TPSA) is 124 Å². The second-order valence-electron chi connectivity index (χ2n) is 11.0. The van der Waals surface area contributed by atoms with Gasteiger partial charge in [0.25, 0.3) is 0 Å². The molecule has 0 aromatic heterocycles. The molecule has 1 saturated heterocycles. The van der Waals surface area contributed by atoms with Crippen LogP contribution in [0.25, 0.3) is 11.1 Å². The molecule has 0 saturated carbocycles. The number of rotatable bonds is 11. The maximum atomic E-state index is 13.8. The summed E-state index contributed by atoms with van der Waals surface area (Å²) >= 11 is 0. The first-order valence-corrected chi connectivity index (χ1v) is 14.7. The molecule has 1 heterocycles. The number of hydrogen-bond acceptors (Lipinski definition) is 8. The van der Waals surface area contributed by atoms with Crippen LogP contribution in [0.1, 0.15) is 63.6 Å². The van der Waals surface area contributed by atoms with Gasteiger partial charge in [0.05, 0.1) is 39.2 Å². The number of nitrogens with one attached hydrogen (secondary N) is 3. The van der Waals surface area contributed by atoms with Crippen LogP contribution in [0.15, 0.2) is 29.1 Å². The summed E-state index contributed by atoms with van der Waals surface area (Å²) in [5.74, 6) is 1.04. The van der Waals surface area contributed by atoms with Gasteiger partial charge < -0.3 is 34.9 Å². The van der Waals surface area contributed by atoms with E-state index in [-0.39, 0.29) is 29.3 Å². The van der Waals surface area contributed by atoms with Gasteiger partial charge in [-0.3, -0.25) is 14.4 Å². The van der Waals surface area contributed by atoms with Crippen molar-refractivity contribution >= 4 is 17.5 Å². The maximum absolute atomic E-state index is 13.8. The zero-order chi connectivity index (χ0) is 30.4. The third-order valence-electron chi connectivity index (χ3n) is 8.25. The molecule has 10 nitrogen and oxygen atoms in total. The molecule has 4 atom stereocenters. The van der Waals surface area contributed by atoms with Gasteiger partial charge in [0.2, 0.25) is 23.0 Å². The summed E-state index contributed by atoms with van der Waals surface area (Å²) in [5.41, 5.74) is 3.12. The van der Waals surface area contributed by atoms with Gasteiger partial charge in [-0.15, -0.1) is 0 Å². The van der Waals surface area contributed by atoms with Gasteiger partial charge in [0, 0.05) is 25.6 Å². The zero-order valence-corrected chi connectivity index (χ0v) is 25.4. The van der Waals surface area contributed by atoms with Crippen molar-refractivity contribution in [1.82, 2.24) is 10.6 Å². The normalized spacial score (nSPS) is 18.9. The molecule has 228 valence electrons. The number of benzene rings is 1. The standard InChI is InChI=1S/C32H43N3O7/c1-7-18(2)29(32(38)33-17-21-9-8-14-42-21)35-25-13-11-22-23(16-26(25)37)24(34-19(3)36)12-10-20-15-27(39-4)30(40-5)31(41-6)28(20)22/h11,13,15-16,18,21,24,29H,7-10,12,14,17H2,1-6H3,(H,33,38)(H,34,36)(H,35,37). The van der Waals surface area contributed by atoms with E-state index >= 15 is 0 Å². The first kappa shape index (κ1) is 31.2. The Kier molecular flexibility index (Phi) is 10.3. The molecule has 2 aromatic carbocycles. The Morgan fingerprint density at radius 3 is 2.45 bits per heavy atom. The van der Waals surface area contributed by atoms with E-state index in [1.54, 1.807) is 33.5 Å². The number of ether oxygens (including phenoxy) is 4. The number of carbonyl (C=O) groups excluding carboxylic acids is 2. The maximum Gasteiger partial charge on any atom is 0.242 e. The highest BCUT2D eigenvalue weighted by molar-refractivity contribution is 5.86.